The predicted molar refractivity (Wildman–Crippen MR) is 60.5 cm³/mol. The molecule has 0 aromatic heterocycles. The lowest BCUT2D eigenvalue weighted by Crippen LogP contribution is -2.14. The molecule has 1 aromatic rings. The van der Waals surface area contributed by atoms with Crippen LogP contribution in [-0.4, -0.2) is 13.1 Å². The third-order valence-electron chi connectivity index (χ3n) is 3.66. The maximum Gasteiger partial charge on any atom is 0.0196 e. The molecule has 1 heteroatoms. The molecule has 0 saturated heterocycles. The van der Waals surface area contributed by atoms with E-state index >= 15 is 0 Å². The highest BCUT2D eigenvalue weighted by Gasteiger charge is 2.57. The van der Waals surface area contributed by atoms with Gasteiger partial charge in [-0.25, -0.2) is 0 Å². The van der Waals surface area contributed by atoms with Crippen molar-refractivity contribution in [3.63, 3.8) is 0 Å². The summed E-state index contributed by atoms with van der Waals surface area (Å²) in [7, 11) is 2.06. The fraction of sp³-hybridized carbons (Fsp3) is 0.538. The van der Waals surface area contributed by atoms with Crippen LogP contribution < -0.4 is 5.32 Å². The molecule has 2 atom stereocenters. The van der Waals surface area contributed by atoms with E-state index < -0.39 is 0 Å². The second-order valence-electron chi connectivity index (χ2n) is 4.92. The second kappa shape index (κ2) is 3.09. The molecule has 1 aromatic carbocycles. The minimum atomic E-state index is 0.418. The Kier molecular flexibility index (Phi) is 2.15. The first kappa shape index (κ1) is 9.72. The highest BCUT2D eigenvalue weighted by Crippen LogP contribution is 2.58. The fourth-order valence-electron chi connectivity index (χ4n) is 2.69. The Balaban J connectivity index is 2.31. The number of aryl methyl sites for hydroxylation is 1. The van der Waals surface area contributed by atoms with Crippen LogP contribution in [0, 0.1) is 12.3 Å². The summed E-state index contributed by atoms with van der Waals surface area (Å²) < 4.78 is 0. The van der Waals surface area contributed by atoms with Gasteiger partial charge in [-0.2, -0.15) is 0 Å². The van der Waals surface area contributed by atoms with Crippen LogP contribution in [0.5, 0.6) is 0 Å². The molecule has 0 heterocycles. The van der Waals surface area contributed by atoms with Gasteiger partial charge in [0.15, 0.2) is 0 Å². The molecule has 1 fully saturated rings. The predicted octanol–water partition coefficient (Wildman–Crippen LogP) is 2.71. The molecule has 1 nitrogen and oxygen atoms in total. The largest absolute Gasteiger partial charge is 0.316 e. The summed E-state index contributed by atoms with van der Waals surface area (Å²) in [5.41, 5.74) is 3.35. The molecule has 0 spiro atoms. The Bertz CT molecular complexity index is 341. The van der Waals surface area contributed by atoms with Crippen molar-refractivity contribution in [2.24, 2.45) is 5.41 Å². The van der Waals surface area contributed by atoms with E-state index in [1.807, 2.05) is 0 Å². The van der Waals surface area contributed by atoms with Gasteiger partial charge in [0.05, 0.1) is 0 Å². The molecule has 2 unspecified atom stereocenters. The normalized spacial score (nSPS) is 28.9. The van der Waals surface area contributed by atoms with E-state index in [2.05, 4.69) is 57.4 Å². The Labute approximate surface area is 86.5 Å². The van der Waals surface area contributed by atoms with E-state index in [0.717, 1.165) is 0 Å². The molecule has 14 heavy (non-hydrogen) atoms. The summed E-state index contributed by atoms with van der Waals surface area (Å²) in [4.78, 5) is 0. The third kappa shape index (κ3) is 1.27. The van der Waals surface area contributed by atoms with E-state index in [0.29, 0.717) is 17.4 Å². The van der Waals surface area contributed by atoms with Crippen LogP contribution in [0.15, 0.2) is 24.3 Å². The fourth-order valence-corrected chi connectivity index (χ4v) is 2.69. The molecule has 76 valence electrons. The Morgan fingerprint density at radius 3 is 2.36 bits per heavy atom. The van der Waals surface area contributed by atoms with Gasteiger partial charge in [0, 0.05) is 12.0 Å². The molecule has 1 aliphatic carbocycles. The van der Waals surface area contributed by atoms with Crippen molar-refractivity contribution in [3.8, 4) is 0 Å². The molecule has 2 rings (SSSR count). The average molecular weight is 189 g/mol. The smallest absolute Gasteiger partial charge is 0.0196 e. The molecule has 0 amide bonds. The van der Waals surface area contributed by atoms with Crippen LogP contribution in [0.2, 0.25) is 0 Å². The van der Waals surface area contributed by atoms with Crippen LogP contribution in [0.25, 0.3) is 0 Å². The zero-order valence-electron chi connectivity index (χ0n) is 9.46. The molecule has 1 saturated carbocycles. The number of likely N-dealkylation sites (N-methyl/N-ethyl adjacent to an activating group) is 1. The monoisotopic (exact) mass is 189 g/mol. The van der Waals surface area contributed by atoms with Gasteiger partial charge in [-0.15, -0.1) is 0 Å². The number of nitrogens with one attached hydrogen (secondary N) is 1. The van der Waals surface area contributed by atoms with E-state index in [1.54, 1.807) is 0 Å². The van der Waals surface area contributed by atoms with Gasteiger partial charge >= 0.3 is 0 Å². The Morgan fingerprint density at radius 2 is 1.86 bits per heavy atom. The molecule has 0 radical (unpaired) electrons. The van der Waals surface area contributed by atoms with Gasteiger partial charge in [0.1, 0.15) is 0 Å². The summed E-state index contributed by atoms with van der Waals surface area (Å²) in [6.07, 6.45) is 0. The highest BCUT2D eigenvalue weighted by molar-refractivity contribution is 5.39. The standard InChI is InChI=1S/C13H19N/c1-9-7-5-6-8-10(9)11-12(14-4)13(11,2)3/h5-8,11-12,14H,1-4H3. The number of hydrogen-bond acceptors (Lipinski definition) is 1. The van der Waals surface area contributed by atoms with E-state index in [-0.39, 0.29) is 0 Å². The van der Waals surface area contributed by atoms with Crippen molar-refractivity contribution >= 4 is 0 Å². The molecular weight excluding hydrogens is 170 g/mol. The van der Waals surface area contributed by atoms with Gasteiger partial charge < -0.3 is 5.32 Å². The lowest BCUT2D eigenvalue weighted by molar-refractivity contribution is 0.567. The molecule has 0 bridgehead atoms. The second-order valence-corrected chi connectivity index (χ2v) is 4.92. The van der Waals surface area contributed by atoms with Crippen LogP contribution >= 0.6 is 0 Å². The lowest BCUT2D eigenvalue weighted by Gasteiger charge is -2.05. The zero-order valence-corrected chi connectivity index (χ0v) is 9.46. The van der Waals surface area contributed by atoms with Crippen molar-refractivity contribution in [2.75, 3.05) is 7.05 Å². The lowest BCUT2D eigenvalue weighted by atomic mass is 9.99. The highest BCUT2D eigenvalue weighted by atomic mass is 15.0. The summed E-state index contributed by atoms with van der Waals surface area (Å²) in [6.45, 7) is 6.88. The zero-order chi connectivity index (χ0) is 10.3. The third-order valence-corrected chi connectivity index (χ3v) is 3.66. The Morgan fingerprint density at radius 1 is 1.21 bits per heavy atom. The number of hydrogen-bond donors (Lipinski definition) is 1. The van der Waals surface area contributed by atoms with Crippen molar-refractivity contribution in [1.82, 2.24) is 5.32 Å². The van der Waals surface area contributed by atoms with Crippen molar-refractivity contribution in [3.05, 3.63) is 35.4 Å². The quantitative estimate of drug-likeness (QED) is 0.754. The Hall–Kier alpha value is -0.820. The van der Waals surface area contributed by atoms with Crippen LogP contribution in [-0.2, 0) is 0 Å². The van der Waals surface area contributed by atoms with E-state index in [9.17, 15) is 0 Å². The minimum Gasteiger partial charge on any atom is -0.316 e. The molecule has 1 aliphatic rings. The summed E-state index contributed by atoms with van der Waals surface area (Å²) in [6, 6.07) is 9.37. The first-order valence-electron chi connectivity index (χ1n) is 5.32. The van der Waals surface area contributed by atoms with E-state index in [1.165, 1.54) is 11.1 Å². The van der Waals surface area contributed by atoms with Crippen molar-refractivity contribution < 1.29 is 0 Å². The van der Waals surface area contributed by atoms with Gasteiger partial charge in [-0.3, -0.25) is 0 Å². The van der Waals surface area contributed by atoms with Gasteiger partial charge in [-0.05, 0) is 30.5 Å². The van der Waals surface area contributed by atoms with Gasteiger partial charge in [0.2, 0.25) is 0 Å². The minimum absolute atomic E-state index is 0.418. The molecular formula is C13H19N. The summed E-state index contributed by atoms with van der Waals surface area (Å²) in [5.74, 6) is 0.689. The van der Waals surface area contributed by atoms with Crippen LogP contribution in [0.1, 0.15) is 30.9 Å². The van der Waals surface area contributed by atoms with Crippen LogP contribution in [0.4, 0.5) is 0 Å². The first-order valence-corrected chi connectivity index (χ1v) is 5.32. The molecule has 0 aliphatic heterocycles. The van der Waals surface area contributed by atoms with Gasteiger partial charge in [-0.1, -0.05) is 38.1 Å². The molecule has 1 N–H and O–H groups in total. The maximum absolute atomic E-state index is 3.40. The number of rotatable bonds is 2. The van der Waals surface area contributed by atoms with Gasteiger partial charge in [0.25, 0.3) is 0 Å². The first-order chi connectivity index (χ1) is 6.59. The van der Waals surface area contributed by atoms with E-state index in [4.69, 9.17) is 0 Å². The number of benzene rings is 1. The SMILES string of the molecule is CNC1C(c2ccccc2C)C1(C)C. The van der Waals surface area contributed by atoms with Crippen molar-refractivity contribution in [1.29, 1.82) is 0 Å². The summed E-state index contributed by atoms with van der Waals surface area (Å²) in [5, 5.41) is 3.40. The van der Waals surface area contributed by atoms with Crippen molar-refractivity contribution in [2.45, 2.75) is 32.7 Å². The van der Waals surface area contributed by atoms with Crippen LogP contribution in [0.3, 0.4) is 0 Å². The maximum atomic E-state index is 3.40. The average Bonchev–Trinajstić information content (AvgIpc) is 2.69. The summed E-state index contributed by atoms with van der Waals surface area (Å²) >= 11 is 0. The topological polar surface area (TPSA) is 12.0 Å².